The van der Waals surface area contributed by atoms with E-state index in [0.29, 0.717) is 39.7 Å². The summed E-state index contributed by atoms with van der Waals surface area (Å²) in [7, 11) is 1.82. The number of primary amides is 1. The highest BCUT2D eigenvalue weighted by molar-refractivity contribution is 8.00. The Kier molecular flexibility index (Phi) is 5.64. The van der Waals surface area contributed by atoms with Crippen molar-refractivity contribution in [1.29, 1.82) is 0 Å². The number of aromatic nitrogens is 3. The first-order chi connectivity index (χ1) is 14.4. The van der Waals surface area contributed by atoms with Gasteiger partial charge in [-0.05, 0) is 30.5 Å². The molecule has 3 N–H and O–H groups in total. The van der Waals surface area contributed by atoms with Crippen molar-refractivity contribution in [3.8, 4) is 11.5 Å². The monoisotopic (exact) mass is 445 g/mol. The SMILES string of the molecule is CC(Sc1nnc(C2COc3ccccc3O2)n1C)C(=O)Nc1sccc1C(N)=O. The van der Waals surface area contributed by atoms with Gasteiger partial charge in [-0.25, -0.2) is 0 Å². The van der Waals surface area contributed by atoms with Crippen molar-refractivity contribution in [1.82, 2.24) is 14.8 Å². The van der Waals surface area contributed by atoms with Gasteiger partial charge in [-0.15, -0.1) is 21.5 Å². The molecule has 11 heteroatoms. The molecule has 2 aromatic heterocycles. The number of fused-ring (bicyclic) bond motifs is 1. The van der Waals surface area contributed by atoms with E-state index in [-0.39, 0.29) is 5.91 Å². The smallest absolute Gasteiger partial charge is 0.251 e. The molecule has 1 aliphatic rings. The van der Waals surface area contributed by atoms with Crippen molar-refractivity contribution in [2.45, 2.75) is 23.4 Å². The van der Waals surface area contributed by atoms with Gasteiger partial charge in [-0.3, -0.25) is 9.59 Å². The second-order valence-corrected chi connectivity index (χ2v) is 8.77. The quantitative estimate of drug-likeness (QED) is 0.559. The zero-order valence-corrected chi connectivity index (χ0v) is 17.8. The van der Waals surface area contributed by atoms with Crippen molar-refractivity contribution < 1.29 is 19.1 Å². The van der Waals surface area contributed by atoms with E-state index in [1.807, 2.05) is 31.3 Å². The van der Waals surface area contributed by atoms with Crippen LogP contribution in [0.25, 0.3) is 0 Å². The number of carbonyl (C=O) groups excluding carboxylic acids is 2. The zero-order valence-electron chi connectivity index (χ0n) is 16.2. The van der Waals surface area contributed by atoms with Gasteiger partial charge >= 0.3 is 0 Å². The second-order valence-electron chi connectivity index (χ2n) is 6.54. The summed E-state index contributed by atoms with van der Waals surface area (Å²) in [6, 6.07) is 9.03. The summed E-state index contributed by atoms with van der Waals surface area (Å²) >= 11 is 2.50. The summed E-state index contributed by atoms with van der Waals surface area (Å²) in [5, 5.41) is 13.4. The molecule has 9 nitrogen and oxygen atoms in total. The summed E-state index contributed by atoms with van der Waals surface area (Å²) in [5.74, 6) is 1.11. The van der Waals surface area contributed by atoms with Crippen LogP contribution in [-0.2, 0) is 11.8 Å². The molecule has 2 amide bonds. The lowest BCUT2D eigenvalue weighted by Crippen LogP contribution is -2.25. The van der Waals surface area contributed by atoms with Gasteiger partial charge in [0.2, 0.25) is 5.91 Å². The number of thioether (sulfide) groups is 1. The summed E-state index contributed by atoms with van der Waals surface area (Å²) in [6.45, 7) is 2.07. The van der Waals surface area contributed by atoms with Crippen molar-refractivity contribution in [3.63, 3.8) is 0 Å². The minimum absolute atomic E-state index is 0.263. The minimum atomic E-state index is -0.582. The lowest BCUT2D eigenvalue weighted by atomic mass is 10.2. The van der Waals surface area contributed by atoms with Crippen LogP contribution in [0.4, 0.5) is 5.00 Å². The van der Waals surface area contributed by atoms with Crippen LogP contribution >= 0.6 is 23.1 Å². The first-order valence-corrected chi connectivity index (χ1v) is 10.8. The van der Waals surface area contributed by atoms with Crippen LogP contribution in [-0.4, -0.2) is 38.4 Å². The Morgan fingerprint density at radius 3 is 2.83 bits per heavy atom. The molecule has 156 valence electrons. The molecule has 0 spiro atoms. The normalized spacial score (nSPS) is 16.1. The molecule has 3 heterocycles. The van der Waals surface area contributed by atoms with Gasteiger partial charge in [0.15, 0.2) is 28.6 Å². The third-order valence-electron chi connectivity index (χ3n) is 4.48. The number of nitrogens with zero attached hydrogens (tertiary/aromatic N) is 3. The Morgan fingerprint density at radius 2 is 2.07 bits per heavy atom. The highest BCUT2D eigenvalue weighted by Crippen LogP contribution is 2.36. The third-order valence-corrected chi connectivity index (χ3v) is 6.45. The molecule has 2 unspecified atom stereocenters. The highest BCUT2D eigenvalue weighted by Gasteiger charge is 2.28. The zero-order chi connectivity index (χ0) is 21.3. The Bertz CT molecular complexity index is 1100. The van der Waals surface area contributed by atoms with Crippen molar-refractivity contribution in [2.24, 2.45) is 12.8 Å². The molecule has 2 atom stereocenters. The summed E-state index contributed by atoms with van der Waals surface area (Å²) in [4.78, 5) is 24.0. The van der Waals surface area contributed by atoms with Gasteiger partial charge in [0, 0.05) is 7.05 Å². The lowest BCUT2D eigenvalue weighted by molar-refractivity contribution is -0.115. The maximum absolute atomic E-state index is 12.6. The maximum atomic E-state index is 12.6. The number of thiophene rings is 1. The van der Waals surface area contributed by atoms with E-state index in [2.05, 4.69) is 15.5 Å². The van der Waals surface area contributed by atoms with E-state index < -0.39 is 17.3 Å². The molecule has 4 rings (SSSR count). The third kappa shape index (κ3) is 3.98. The first kappa shape index (κ1) is 20.2. The molecule has 0 radical (unpaired) electrons. The average Bonchev–Trinajstić information content (AvgIpc) is 3.34. The highest BCUT2D eigenvalue weighted by atomic mass is 32.2. The number of rotatable bonds is 6. The van der Waals surface area contributed by atoms with E-state index in [1.165, 1.54) is 23.1 Å². The number of nitrogens with two attached hydrogens (primary N) is 1. The summed E-state index contributed by atoms with van der Waals surface area (Å²) < 4.78 is 13.5. The fourth-order valence-corrected chi connectivity index (χ4v) is 4.50. The fourth-order valence-electron chi connectivity index (χ4n) is 2.88. The number of hydrogen-bond acceptors (Lipinski definition) is 8. The molecule has 0 fully saturated rings. The number of para-hydroxylation sites is 2. The molecular formula is C19H19N5O4S2. The number of amides is 2. The largest absolute Gasteiger partial charge is 0.485 e. The molecule has 1 aliphatic heterocycles. The topological polar surface area (TPSA) is 121 Å². The molecular weight excluding hydrogens is 426 g/mol. The van der Waals surface area contributed by atoms with Crippen LogP contribution in [0.5, 0.6) is 11.5 Å². The fraction of sp³-hybridized carbons (Fsp3) is 0.263. The van der Waals surface area contributed by atoms with Crippen LogP contribution < -0.4 is 20.5 Å². The van der Waals surface area contributed by atoms with E-state index in [9.17, 15) is 9.59 Å². The second kappa shape index (κ2) is 8.36. The van der Waals surface area contributed by atoms with Gasteiger partial charge in [0.1, 0.15) is 11.6 Å². The van der Waals surface area contributed by atoms with E-state index in [0.717, 1.165) is 0 Å². The lowest BCUT2D eigenvalue weighted by Gasteiger charge is -2.25. The molecule has 3 aromatic rings. The van der Waals surface area contributed by atoms with Gasteiger partial charge < -0.3 is 25.1 Å². The Morgan fingerprint density at radius 1 is 1.30 bits per heavy atom. The number of anilines is 1. The van der Waals surface area contributed by atoms with Gasteiger partial charge in [-0.2, -0.15) is 0 Å². The van der Waals surface area contributed by atoms with Crippen LogP contribution in [0.1, 0.15) is 29.2 Å². The number of carbonyl (C=O) groups is 2. The van der Waals surface area contributed by atoms with Crippen molar-refractivity contribution in [3.05, 3.63) is 47.1 Å². The van der Waals surface area contributed by atoms with E-state index in [4.69, 9.17) is 15.2 Å². The van der Waals surface area contributed by atoms with Crippen LogP contribution in [0, 0.1) is 0 Å². The predicted molar refractivity (Wildman–Crippen MR) is 113 cm³/mol. The Labute approximate surface area is 180 Å². The van der Waals surface area contributed by atoms with Crippen LogP contribution in [0.2, 0.25) is 0 Å². The van der Waals surface area contributed by atoms with Gasteiger partial charge in [-0.1, -0.05) is 23.9 Å². The predicted octanol–water partition coefficient (Wildman–Crippen LogP) is 2.61. The average molecular weight is 446 g/mol. The standard InChI is InChI=1S/C19H19N5O4S2/c1-10(17(26)21-18-11(15(20)25)7-8-29-18)30-19-23-22-16(24(19)2)14-9-27-12-5-3-4-6-13(12)28-14/h3-8,10,14H,9H2,1-2H3,(H2,20,25)(H,21,26). The van der Waals surface area contributed by atoms with E-state index >= 15 is 0 Å². The van der Waals surface area contributed by atoms with Crippen molar-refractivity contribution in [2.75, 3.05) is 11.9 Å². The van der Waals surface area contributed by atoms with Gasteiger partial charge in [0.25, 0.3) is 5.91 Å². The minimum Gasteiger partial charge on any atom is -0.485 e. The first-order valence-electron chi connectivity index (χ1n) is 9.06. The van der Waals surface area contributed by atoms with Crippen LogP contribution in [0.3, 0.4) is 0 Å². The van der Waals surface area contributed by atoms with Crippen molar-refractivity contribution >= 4 is 39.9 Å². The summed E-state index contributed by atoms with van der Waals surface area (Å²) in [5.41, 5.74) is 5.62. The van der Waals surface area contributed by atoms with Gasteiger partial charge in [0.05, 0.1) is 10.8 Å². The molecule has 30 heavy (non-hydrogen) atoms. The molecule has 0 bridgehead atoms. The molecule has 0 aliphatic carbocycles. The Balaban J connectivity index is 1.43. The summed E-state index contributed by atoms with van der Waals surface area (Å²) in [6.07, 6.45) is -0.403. The number of nitrogens with one attached hydrogen (secondary N) is 1. The molecule has 0 saturated carbocycles. The Hall–Kier alpha value is -3.05. The molecule has 0 saturated heterocycles. The molecule has 1 aromatic carbocycles. The number of ether oxygens (including phenoxy) is 2. The van der Waals surface area contributed by atoms with Crippen LogP contribution in [0.15, 0.2) is 40.9 Å². The van der Waals surface area contributed by atoms with E-state index in [1.54, 1.807) is 22.9 Å². The number of benzene rings is 1. The maximum Gasteiger partial charge on any atom is 0.251 e. The number of hydrogen-bond donors (Lipinski definition) is 2.